The van der Waals surface area contributed by atoms with Gasteiger partial charge < -0.3 is 4.90 Å². The highest BCUT2D eigenvalue weighted by molar-refractivity contribution is 5.94. The first-order chi connectivity index (χ1) is 7.61. The fourth-order valence-electron chi connectivity index (χ4n) is 1.82. The zero-order chi connectivity index (χ0) is 11.7. The number of nitrogens with zero attached hydrogens (tertiary/aromatic N) is 2. The van der Waals surface area contributed by atoms with Gasteiger partial charge in [-0.3, -0.25) is 4.79 Å². The number of aromatic nitrogens is 1. The molecule has 4 heteroatoms. The summed E-state index contributed by atoms with van der Waals surface area (Å²) >= 11 is 0. The molecule has 1 unspecified atom stereocenters. The van der Waals surface area contributed by atoms with Crippen LogP contribution in [0.25, 0.3) is 0 Å². The first-order valence-electron chi connectivity index (χ1n) is 5.49. The molecule has 86 valence electrons. The second-order valence-corrected chi connectivity index (χ2v) is 4.34. The van der Waals surface area contributed by atoms with Crippen LogP contribution in [0.3, 0.4) is 0 Å². The molecule has 1 fully saturated rings. The van der Waals surface area contributed by atoms with E-state index in [9.17, 15) is 9.18 Å². The van der Waals surface area contributed by atoms with Crippen LogP contribution in [-0.2, 0) is 0 Å². The SMILES string of the molecule is CC(C1CC1)N(C)C(=O)c1cccnc1F. The Morgan fingerprint density at radius 1 is 1.62 bits per heavy atom. The van der Waals surface area contributed by atoms with Gasteiger partial charge in [0.05, 0.1) is 5.56 Å². The smallest absolute Gasteiger partial charge is 0.258 e. The molecule has 0 spiro atoms. The van der Waals surface area contributed by atoms with Gasteiger partial charge in [-0.25, -0.2) is 4.98 Å². The largest absolute Gasteiger partial charge is 0.339 e. The van der Waals surface area contributed by atoms with E-state index in [1.54, 1.807) is 18.0 Å². The van der Waals surface area contributed by atoms with Gasteiger partial charge in [-0.1, -0.05) is 0 Å². The van der Waals surface area contributed by atoms with Crippen molar-refractivity contribution in [3.8, 4) is 0 Å². The Bertz CT molecular complexity index is 404. The fourth-order valence-corrected chi connectivity index (χ4v) is 1.82. The van der Waals surface area contributed by atoms with Crippen LogP contribution in [0.15, 0.2) is 18.3 Å². The van der Waals surface area contributed by atoms with Gasteiger partial charge in [-0.05, 0) is 37.8 Å². The normalized spacial score (nSPS) is 16.9. The summed E-state index contributed by atoms with van der Waals surface area (Å²) in [6.07, 6.45) is 3.67. The van der Waals surface area contributed by atoms with Crippen molar-refractivity contribution in [2.24, 2.45) is 5.92 Å². The molecule has 0 aliphatic heterocycles. The summed E-state index contributed by atoms with van der Waals surface area (Å²) in [5.41, 5.74) is 0.0532. The van der Waals surface area contributed by atoms with Crippen molar-refractivity contribution < 1.29 is 9.18 Å². The molecule has 1 heterocycles. The number of carbonyl (C=O) groups is 1. The molecule has 3 nitrogen and oxygen atoms in total. The third kappa shape index (κ3) is 2.05. The molecule has 1 aromatic heterocycles. The van der Waals surface area contributed by atoms with Crippen LogP contribution in [0.4, 0.5) is 4.39 Å². The summed E-state index contributed by atoms with van der Waals surface area (Å²) in [6, 6.07) is 3.22. The summed E-state index contributed by atoms with van der Waals surface area (Å²) in [4.78, 5) is 17.1. The molecule has 1 aliphatic carbocycles. The third-order valence-electron chi connectivity index (χ3n) is 3.22. The molecular weight excluding hydrogens is 207 g/mol. The van der Waals surface area contributed by atoms with E-state index in [-0.39, 0.29) is 17.5 Å². The second-order valence-electron chi connectivity index (χ2n) is 4.34. The molecular formula is C12H15FN2O. The lowest BCUT2D eigenvalue weighted by atomic mass is 10.1. The maximum Gasteiger partial charge on any atom is 0.258 e. The van der Waals surface area contributed by atoms with Gasteiger partial charge >= 0.3 is 0 Å². The van der Waals surface area contributed by atoms with E-state index in [0.29, 0.717) is 5.92 Å². The minimum absolute atomic E-state index is 0.0532. The Hall–Kier alpha value is -1.45. The number of pyridine rings is 1. The molecule has 1 amide bonds. The minimum Gasteiger partial charge on any atom is -0.339 e. The number of amides is 1. The van der Waals surface area contributed by atoms with Gasteiger partial charge in [-0.2, -0.15) is 4.39 Å². The maximum atomic E-state index is 13.3. The molecule has 1 saturated carbocycles. The van der Waals surface area contributed by atoms with Gasteiger partial charge in [0, 0.05) is 19.3 Å². The number of carbonyl (C=O) groups excluding carboxylic acids is 1. The Labute approximate surface area is 94.3 Å². The first-order valence-corrected chi connectivity index (χ1v) is 5.49. The molecule has 0 radical (unpaired) electrons. The van der Waals surface area contributed by atoms with Gasteiger partial charge in [0.25, 0.3) is 5.91 Å². The van der Waals surface area contributed by atoms with E-state index in [1.807, 2.05) is 6.92 Å². The summed E-state index contributed by atoms with van der Waals surface area (Å²) in [5, 5.41) is 0. The van der Waals surface area contributed by atoms with E-state index in [0.717, 1.165) is 12.8 Å². The van der Waals surface area contributed by atoms with Crippen molar-refractivity contribution >= 4 is 5.91 Å². The van der Waals surface area contributed by atoms with E-state index >= 15 is 0 Å². The molecule has 1 aliphatic rings. The number of rotatable bonds is 3. The molecule has 1 atom stereocenters. The highest BCUT2D eigenvalue weighted by atomic mass is 19.1. The number of hydrogen-bond acceptors (Lipinski definition) is 2. The standard InChI is InChI=1S/C12H15FN2O/c1-8(9-5-6-9)15(2)12(16)10-4-3-7-14-11(10)13/h3-4,7-9H,5-6H2,1-2H3. The highest BCUT2D eigenvalue weighted by Gasteiger charge is 2.33. The Morgan fingerprint density at radius 3 is 2.88 bits per heavy atom. The predicted molar refractivity (Wildman–Crippen MR) is 58.5 cm³/mol. The molecule has 0 saturated heterocycles. The van der Waals surface area contributed by atoms with Crippen LogP contribution >= 0.6 is 0 Å². The van der Waals surface area contributed by atoms with Crippen LogP contribution in [0, 0.1) is 11.9 Å². The molecule has 0 bridgehead atoms. The Kier molecular flexibility index (Phi) is 2.90. The van der Waals surface area contributed by atoms with Gasteiger partial charge in [0.2, 0.25) is 5.95 Å². The summed E-state index contributed by atoms with van der Waals surface area (Å²) in [7, 11) is 1.72. The third-order valence-corrected chi connectivity index (χ3v) is 3.22. The summed E-state index contributed by atoms with van der Waals surface area (Å²) in [6.45, 7) is 2.00. The van der Waals surface area contributed by atoms with Crippen molar-refractivity contribution in [1.82, 2.24) is 9.88 Å². The van der Waals surface area contributed by atoms with Gasteiger partial charge in [0.15, 0.2) is 0 Å². The molecule has 2 rings (SSSR count). The zero-order valence-corrected chi connectivity index (χ0v) is 9.48. The van der Waals surface area contributed by atoms with Crippen LogP contribution in [0.5, 0.6) is 0 Å². The molecule has 0 N–H and O–H groups in total. The lowest BCUT2D eigenvalue weighted by Crippen LogP contribution is -2.36. The lowest BCUT2D eigenvalue weighted by Gasteiger charge is -2.24. The summed E-state index contributed by atoms with van der Waals surface area (Å²) < 4.78 is 13.3. The van der Waals surface area contributed by atoms with Crippen LogP contribution in [0.1, 0.15) is 30.1 Å². The lowest BCUT2D eigenvalue weighted by molar-refractivity contribution is 0.0721. The highest BCUT2D eigenvalue weighted by Crippen LogP contribution is 2.35. The van der Waals surface area contributed by atoms with E-state index in [4.69, 9.17) is 0 Å². The van der Waals surface area contributed by atoms with E-state index in [2.05, 4.69) is 4.98 Å². The molecule has 0 aromatic carbocycles. The maximum absolute atomic E-state index is 13.3. The van der Waals surface area contributed by atoms with Crippen molar-refractivity contribution in [2.75, 3.05) is 7.05 Å². The van der Waals surface area contributed by atoms with Crippen molar-refractivity contribution in [2.45, 2.75) is 25.8 Å². The minimum atomic E-state index is -0.692. The van der Waals surface area contributed by atoms with Crippen LogP contribution in [-0.4, -0.2) is 28.9 Å². The average Bonchev–Trinajstić information content (AvgIpc) is 3.11. The fraction of sp³-hybridized carbons (Fsp3) is 0.500. The van der Waals surface area contributed by atoms with Crippen molar-refractivity contribution in [1.29, 1.82) is 0 Å². The van der Waals surface area contributed by atoms with Crippen molar-refractivity contribution in [3.63, 3.8) is 0 Å². The van der Waals surface area contributed by atoms with Crippen LogP contribution < -0.4 is 0 Å². The van der Waals surface area contributed by atoms with E-state index in [1.165, 1.54) is 12.3 Å². The van der Waals surface area contributed by atoms with Crippen LogP contribution in [0.2, 0.25) is 0 Å². The first kappa shape index (κ1) is 11.0. The zero-order valence-electron chi connectivity index (χ0n) is 9.48. The Morgan fingerprint density at radius 2 is 2.31 bits per heavy atom. The van der Waals surface area contributed by atoms with E-state index < -0.39 is 5.95 Å². The van der Waals surface area contributed by atoms with Gasteiger partial charge in [-0.15, -0.1) is 0 Å². The quantitative estimate of drug-likeness (QED) is 0.734. The molecule has 1 aromatic rings. The molecule has 16 heavy (non-hydrogen) atoms. The number of halogens is 1. The topological polar surface area (TPSA) is 33.2 Å². The average molecular weight is 222 g/mol. The predicted octanol–water partition coefficient (Wildman–Crippen LogP) is 2.09. The monoisotopic (exact) mass is 222 g/mol. The Balaban J connectivity index is 2.15. The van der Waals surface area contributed by atoms with Crippen molar-refractivity contribution in [3.05, 3.63) is 29.8 Å². The number of hydrogen-bond donors (Lipinski definition) is 0. The second kappa shape index (κ2) is 4.20. The summed E-state index contributed by atoms with van der Waals surface area (Å²) in [5.74, 6) is -0.402. The van der Waals surface area contributed by atoms with Gasteiger partial charge in [0.1, 0.15) is 0 Å².